The first-order valence-corrected chi connectivity index (χ1v) is 8.46. The lowest BCUT2D eigenvalue weighted by Gasteiger charge is -2.11. The van der Waals surface area contributed by atoms with Crippen LogP contribution >= 0.6 is 22.9 Å². The van der Waals surface area contributed by atoms with Crippen LogP contribution in [0.3, 0.4) is 0 Å². The molecular formula is C12H13ClN2O3S2. The van der Waals surface area contributed by atoms with Gasteiger partial charge in [0.1, 0.15) is 5.69 Å². The second-order valence-electron chi connectivity index (χ2n) is 4.17. The standard InChI is InChI=1S/C12H13ClN2O3S2/c1-8(7-16)15-20(17,18)11-10(14-12(13)19-11)9-5-3-2-4-6-9/h2-6,8,15-16H,7H2,1H3/t8-/m0/s1. The number of benzene rings is 1. The Bertz CT molecular complexity index is 686. The minimum absolute atomic E-state index is 0.0500. The molecule has 0 amide bonds. The lowest BCUT2D eigenvalue weighted by Crippen LogP contribution is -2.34. The second-order valence-corrected chi connectivity index (χ2v) is 7.66. The number of sulfonamides is 1. The zero-order valence-corrected chi connectivity index (χ0v) is 13.0. The molecule has 8 heteroatoms. The topological polar surface area (TPSA) is 79.3 Å². The van der Waals surface area contributed by atoms with E-state index in [1.54, 1.807) is 31.2 Å². The van der Waals surface area contributed by atoms with E-state index in [-0.39, 0.29) is 15.3 Å². The van der Waals surface area contributed by atoms with Gasteiger partial charge in [0, 0.05) is 11.6 Å². The number of aliphatic hydroxyl groups excluding tert-OH is 1. The van der Waals surface area contributed by atoms with E-state index in [0.29, 0.717) is 11.3 Å². The maximum absolute atomic E-state index is 12.3. The average Bonchev–Trinajstić information content (AvgIpc) is 2.82. The van der Waals surface area contributed by atoms with E-state index < -0.39 is 16.1 Å². The van der Waals surface area contributed by atoms with Gasteiger partial charge in [-0.2, -0.15) is 0 Å². The van der Waals surface area contributed by atoms with Gasteiger partial charge in [-0.3, -0.25) is 0 Å². The highest BCUT2D eigenvalue weighted by molar-refractivity contribution is 7.91. The van der Waals surface area contributed by atoms with Crippen LogP contribution in [0.2, 0.25) is 4.47 Å². The highest BCUT2D eigenvalue weighted by atomic mass is 35.5. The van der Waals surface area contributed by atoms with Crippen LogP contribution in [-0.4, -0.2) is 31.2 Å². The Morgan fingerprint density at radius 1 is 1.40 bits per heavy atom. The quantitative estimate of drug-likeness (QED) is 0.879. The Morgan fingerprint density at radius 2 is 2.05 bits per heavy atom. The molecule has 5 nitrogen and oxygen atoms in total. The van der Waals surface area contributed by atoms with Crippen LogP contribution in [0.25, 0.3) is 11.3 Å². The molecule has 0 aliphatic rings. The van der Waals surface area contributed by atoms with Crippen molar-refractivity contribution in [1.82, 2.24) is 9.71 Å². The zero-order chi connectivity index (χ0) is 14.8. The molecule has 0 saturated carbocycles. The maximum atomic E-state index is 12.3. The Morgan fingerprint density at radius 3 is 2.65 bits per heavy atom. The molecule has 2 aromatic rings. The van der Waals surface area contributed by atoms with E-state index in [9.17, 15) is 8.42 Å². The predicted octanol–water partition coefficient (Wildman–Crippen LogP) is 2.12. The molecule has 0 fully saturated rings. The summed E-state index contributed by atoms with van der Waals surface area (Å²) < 4.78 is 27.2. The number of halogens is 1. The molecule has 20 heavy (non-hydrogen) atoms. The van der Waals surface area contributed by atoms with Gasteiger partial charge < -0.3 is 5.11 Å². The van der Waals surface area contributed by atoms with E-state index in [2.05, 4.69) is 9.71 Å². The third-order valence-electron chi connectivity index (χ3n) is 2.49. The molecule has 1 atom stereocenters. The molecule has 0 unspecified atom stereocenters. The van der Waals surface area contributed by atoms with Gasteiger partial charge in [-0.05, 0) is 6.92 Å². The van der Waals surface area contributed by atoms with Crippen molar-refractivity contribution in [2.24, 2.45) is 0 Å². The maximum Gasteiger partial charge on any atom is 0.252 e. The summed E-state index contributed by atoms with van der Waals surface area (Å²) in [4.78, 5) is 4.08. The number of thiazole rings is 1. The molecule has 0 spiro atoms. The summed E-state index contributed by atoms with van der Waals surface area (Å²) in [5.74, 6) is 0. The molecule has 0 saturated heterocycles. The van der Waals surface area contributed by atoms with Crippen molar-refractivity contribution in [3.63, 3.8) is 0 Å². The van der Waals surface area contributed by atoms with Crippen LogP contribution in [-0.2, 0) is 10.0 Å². The minimum Gasteiger partial charge on any atom is -0.395 e. The smallest absolute Gasteiger partial charge is 0.252 e. The van der Waals surface area contributed by atoms with Crippen LogP contribution in [0.1, 0.15) is 6.92 Å². The average molecular weight is 333 g/mol. The van der Waals surface area contributed by atoms with Crippen LogP contribution in [0.5, 0.6) is 0 Å². The first kappa shape index (κ1) is 15.4. The monoisotopic (exact) mass is 332 g/mol. The molecule has 0 aliphatic heterocycles. The summed E-state index contributed by atoms with van der Waals surface area (Å²) >= 11 is 6.75. The minimum atomic E-state index is -3.77. The van der Waals surface area contributed by atoms with Crippen LogP contribution in [0, 0.1) is 0 Å². The van der Waals surface area contributed by atoms with Crippen LogP contribution < -0.4 is 4.72 Å². The first-order chi connectivity index (χ1) is 9.44. The fourth-order valence-corrected chi connectivity index (χ4v) is 4.55. The third kappa shape index (κ3) is 3.36. The molecule has 2 rings (SSSR count). The number of hydrogen-bond acceptors (Lipinski definition) is 5. The van der Waals surface area contributed by atoms with Gasteiger partial charge in [0.25, 0.3) is 10.0 Å². The SMILES string of the molecule is C[C@@H](CO)NS(=O)(=O)c1sc(Cl)nc1-c1ccccc1. The molecule has 2 N–H and O–H groups in total. The van der Waals surface area contributed by atoms with Crippen LogP contribution in [0.4, 0.5) is 0 Å². The fourth-order valence-electron chi connectivity index (χ4n) is 1.60. The number of aliphatic hydroxyl groups is 1. The van der Waals surface area contributed by atoms with Crippen molar-refractivity contribution in [3.8, 4) is 11.3 Å². The number of rotatable bonds is 5. The van der Waals surface area contributed by atoms with E-state index in [0.717, 1.165) is 11.3 Å². The second kappa shape index (κ2) is 6.19. The van der Waals surface area contributed by atoms with E-state index in [1.165, 1.54) is 0 Å². The zero-order valence-electron chi connectivity index (χ0n) is 10.6. The van der Waals surface area contributed by atoms with Crippen molar-refractivity contribution in [1.29, 1.82) is 0 Å². The van der Waals surface area contributed by atoms with Crippen molar-refractivity contribution < 1.29 is 13.5 Å². The Balaban J connectivity index is 2.48. The summed E-state index contributed by atoms with van der Waals surface area (Å²) in [6.07, 6.45) is 0. The van der Waals surface area contributed by atoms with Crippen molar-refractivity contribution >= 4 is 33.0 Å². The van der Waals surface area contributed by atoms with Gasteiger partial charge in [0.15, 0.2) is 8.68 Å². The first-order valence-electron chi connectivity index (χ1n) is 5.79. The normalized spacial score (nSPS) is 13.3. The third-order valence-corrected chi connectivity index (χ3v) is 5.75. The van der Waals surface area contributed by atoms with Crippen LogP contribution in [0.15, 0.2) is 34.5 Å². The van der Waals surface area contributed by atoms with Crippen molar-refractivity contribution in [3.05, 3.63) is 34.8 Å². The highest BCUT2D eigenvalue weighted by Crippen LogP contribution is 2.34. The summed E-state index contributed by atoms with van der Waals surface area (Å²) in [7, 11) is -3.77. The lowest BCUT2D eigenvalue weighted by molar-refractivity contribution is 0.265. The van der Waals surface area contributed by atoms with E-state index >= 15 is 0 Å². The van der Waals surface area contributed by atoms with Gasteiger partial charge in [0.2, 0.25) is 0 Å². The number of nitrogens with one attached hydrogen (secondary N) is 1. The molecule has 108 valence electrons. The molecule has 0 radical (unpaired) electrons. The summed E-state index contributed by atoms with van der Waals surface area (Å²) in [5.41, 5.74) is 0.992. The Hall–Kier alpha value is -0.990. The lowest BCUT2D eigenvalue weighted by atomic mass is 10.2. The predicted molar refractivity (Wildman–Crippen MR) is 79.4 cm³/mol. The Kier molecular flexibility index (Phi) is 4.77. The van der Waals surface area contributed by atoms with Gasteiger partial charge in [-0.25, -0.2) is 18.1 Å². The highest BCUT2D eigenvalue weighted by Gasteiger charge is 2.25. The van der Waals surface area contributed by atoms with E-state index in [1.807, 2.05) is 6.07 Å². The number of aromatic nitrogens is 1. The van der Waals surface area contributed by atoms with Gasteiger partial charge in [-0.1, -0.05) is 53.3 Å². The van der Waals surface area contributed by atoms with Gasteiger partial charge in [0.05, 0.1) is 6.61 Å². The summed E-state index contributed by atoms with van der Waals surface area (Å²) in [5, 5.41) is 8.97. The number of hydrogen-bond donors (Lipinski definition) is 2. The molecule has 1 aromatic carbocycles. The van der Waals surface area contributed by atoms with E-state index in [4.69, 9.17) is 16.7 Å². The number of nitrogens with zero attached hydrogens (tertiary/aromatic N) is 1. The molecule has 1 heterocycles. The van der Waals surface area contributed by atoms with Crippen molar-refractivity contribution in [2.75, 3.05) is 6.61 Å². The van der Waals surface area contributed by atoms with Gasteiger partial charge in [-0.15, -0.1) is 0 Å². The molecule has 1 aromatic heterocycles. The van der Waals surface area contributed by atoms with Crippen molar-refractivity contribution in [2.45, 2.75) is 17.2 Å². The fraction of sp³-hybridized carbons (Fsp3) is 0.250. The van der Waals surface area contributed by atoms with Gasteiger partial charge >= 0.3 is 0 Å². The summed E-state index contributed by atoms with van der Waals surface area (Å²) in [6.45, 7) is 1.29. The Labute approximate surface area is 126 Å². The molecule has 0 bridgehead atoms. The summed E-state index contributed by atoms with van der Waals surface area (Å²) in [6, 6.07) is 8.37. The molecular weight excluding hydrogens is 320 g/mol. The molecule has 0 aliphatic carbocycles. The largest absolute Gasteiger partial charge is 0.395 e.